The first kappa shape index (κ1) is 35.3. The van der Waals surface area contributed by atoms with E-state index in [1.807, 2.05) is 12.1 Å². The minimum atomic E-state index is 0.0233. The molecule has 0 amide bonds. The van der Waals surface area contributed by atoms with Crippen LogP contribution in [0.25, 0.3) is 0 Å². The molecule has 0 radical (unpaired) electrons. The molecule has 0 saturated carbocycles. The van der Waals surface area contributed by atoms with E-state index in [-0.39, 0.29) is 5.78 Å². The van der Waals surface area contributed by atoms with E-state index < -0.39 is 0 Å². The lowest BCUT2D eigenvalue weighted by Gasteiger charge is -2.18. The normalized spacial score (nSPS) is 11.1. The Balaban J connectivity index is 2.73. The minimum Gasteiger partial charge on any atom is -0.490 e. The van der Waals surface area contributed by atoms with Gasteiger partial charge in [-0.2, -0.15) is 0 Å². The monoisotopic (exact) mass is 546 g/mol. The van der Waals surface area contributed by atoms with E-state index in [0.717, 1.165) is 19.3 Å². The van der Waals surface area contributed by atoms with Gasteiger partial charge in [0.05, 0.1) is 19.8 Å². The molecule has 0 atom stereocenters. The van der Waals surface area contributed by atoms with Gasteiger partial charge in [-0.3, -0.25) is 4.79 Å². The Hall–Kier alpha value is -1.71. The molecule has 226 valence electrons. The van der Waals surface area contributed by atoms with Gasteiger partial charge >= 0.3 is 0 Å². The van der Waals surface area contributed by atoms with E-state index in [1.165, 1.54) is 116 Å². The zero-order chi connectivity index (χ0) is 28.4. The van der Waals surface area contributed by atoms with Crippen LogP contribution in [-0.4, -0.2) is 25.6 Å². The Kier molecular flexibility index (Phi) is 22.9. The molecule has 1 aromatic rings. The maximum atomic E-state index is 12.3. The smallest absolute Gasteiger partial charge is 0.203 e. The number of carbonyl (C=O) groups excluding carboxylic acids is 1. The molecular weight excluding hydrogens is 484 g/mol. The highest BCUT2D eigenvalue weighted by molar-refractivity contribution is 5.95. The Morgan fingerprint density at radius 2 is 0.795 bits per heavy atom. The number of hydrogen-bond acceptors (Lipinski definition) is 4. The summed E-state index contributed by atoms with van der Waals surface area (Å²) in [5.74, 6) is 2.02. The average Bonchev–Trinajstić information content (AvgIpc) is 2.93. The van der Waals surface area contributed by atoms with Gasteiger partial charge in [0.15, 0.2) is 17.3 Å². The summed E-state index contributed by atoms with van der Waals surface area (Å²) in [5.41, 5.74) is 0.627. The van der Waals surface area contributed by atoms with E-state index >= 15 is 0 Å². The third kappa shape index (κ3) is 18.3. The van der Waals surface area contributed by atoms with Gasteiger partial charge in [0, 0.05) is 5.56 Å². The van der Waals surface area contributed by atoms with Crippen molar-refractivity contribution in [2.45, 2.75) is 163 Å². The molecule has 0 N–H and O–H groups in total. The van der Waals surface area contributed by atoms with Crippen molar-refractivity contribution in [1.82, 2.24) is 0 Å². The molecule has 0 fully saturated rings. The van der Waals surface area contributed by atoms with Gasteiger partial charge in [0.1, 0.15) is 0 Å². The summed E-state index contributed by atoms with van der Waals surface area (Å²) in [4.78, 5) is 12.3. The third-order valence-corrected chi connectivity index (χ3v) is 7.43. The summed E-state index contributed by atoms with van der Waals surface area (Å²) >= 11 is 0. The number of unbranched alkanes of at least 4 members (excludes halogenated alkanes) is 18. The summed E-state index contributed by atoms with van der Waals surface area (Å²) in [5, 5.41) is 0. The summed E-state index contributed by atoms with van der Waals surface area (Å²) in [6.45, 7) is 10.3. The van der Waals surface area contributed by atoms with Crippen LogP contribution in [-0.2, 0) is 0 Å². The lowest BCUT2D eigenvalue weighted by Crippen LogP contribution is -2.08. The molecule has 1 rings (SSSR count). The van der Waals surface area contributed by atoms with E-state index in [0.29, 0.717) is 42.6 Å². The fourth-order valence-corrected chi connectivity index (χ4v) is 4.85. The molecule has 0 bridgehead atoms. The number of hydrogen-bond donors (Lipinski definition) is 0. The zero-order valence-corrected chi connectivity index (χ0v) is 26.3. The van der Waals surface area contributed by atoms with Crippen LogP contribution in [0.1, 0.15) is 173 Å². The van der Waals surface area contributed by atoms with Crippen LogP contribution in [0.4, 0.5) is 0 Å². The van der Waals surface area contributed by atoms with Crippen molar-refractivity contribution in [3.8, 4) is 17.2 Å². The minimum absolute atomic E-state index is 0.0233. The fraction of sp³-hybridized carbons (Fsp3) is 0.800. The van der Waals surface area contributed by atoms with Gasteiger partial charge in [-0.05, 0) is 38.3 Å². The zero-order valence-electron chi connectivity index (χ0n) is 26.3. The number of carbonyl (C=O) groups is 1. The largest absolute Gasteiger partial charge is 0.490 e. The number of rotatable bonds is 28. The lowest BCUT2D eigenvalue weighted by molar-refractivity contribution is 0.101. The van der Waals surface area contributed by atoms with Crippen LogP contribution < -0.4 is 14.2 Å². The molecule has 0 heterocycles. The first-order valence-corrected chi connectivity index (χ1v) is 16.7. The van der Waals surface area contributed by atoms with Gasteiger partial charge in [-0.25, -0.2) is 0 Å². The molecule has 0 aromatic heterocycles. The molecular formula is C35H62O4. The molecule has 39 heavy (non-hydrogen) atoms. The number of Topliss-reactive ketones (excluding diaryl/α,β-unsaturated/α-hetero) is 1. The van der Waals surface area contributed by atoms with Crippen molar-refractivity contribution < 1.29 is 19.0 Å². The maximum absolute atomic E-state index is 12.3. The predicted molar refractivity (Wildman–Crippen MR) is 167 cm³/mol. The molecule has 0 spiro atoms. The molecule has 0 aliphatic heterocycles. The third-order valence-electron chi connectivity index (χ3n) is 7.43. The van der Waals surface area contributed by atoms with Gasteiger partial charge in [-0.15, -0.1) is 0 Å². The topological polar surface area (TPSA) is 44.8 Å². The van der Waals surface area contributed by atoms with Crippen molar-refractivity contribution in [3.63, 3.8) is 0 Å². The summed E-state index contributed by atoms with van der Waals surface area (Å²) in [6, 6.07) is 3.70. The van der Waals surface area contributed by atoms with E-state index in [4.69, 9.17) is 14.2 Å². The van der Waals surface area contributed by atoms with E-state index in [2.05, 4.69) is 20.8 Å². The molecule has 0 unspecified atom stereocenters. The van der Waals surface area contributed by atoms with E-state index in [9.17, 15) is 4.79 Å². The van der Waals surface area contributed by atoms with Crippen LogP contribution in [0.3, 0.4) is 0 Å². The van der Waals surface area contributed by atoms with Crippen molar-refractivity contribution in [2.24, 2.45) is 0 Å². The van der Waals surface area contributed by atoms with Gasteiger partial charge in [0.25, 0.3) is 0 Å². The number of benzene rings is 1. The second kappa shape index (κ2) is 25.3. The quantitative estimate of drug-likeness (QED) is 0.0774. The number of ether oxygens (including phenoxy) is 3. The van der Waals surface area contributed by atoms with Crippen molar-refractivity contribution in [2.75, 3.05) is 19.8 Å². The fourth-order valence-electron chi connectivity index (χ4n) is 4.85. The SMILES string of the molecule is CCCCCCCCCOc1cc(C(C)=O)cc(OCCCCCCCCC)c1OCCCCCCCCC. The van der Waals surface area contributed by atoms with Crippen molar-refractivity contribution in [3.05, 3.63) is 17.7 Å². The Bertz CT molecular complexity index is 674. The van der Waals surface area contributed by atoms with Gasteiger partial charge in [0.2, 0.25) is 5.75 Å². The second-order valence-corrected chi connectivity index (χ2v) is 11.3. The highest BCUT2D eigenvalue weighted by Crippen LogP contribution is 2.40. The maximum Gasteiger partial charge on any atom is 0.203 e. The highest BCUT2D eigenvalue weighted by atomic mass is 16.5. The van der Waals surface area contributed by atoms with Crippen molar-refractivity contribution in [1.29, 1.82) is 0 Å². The van der Waals surface area contributed by atoms with Crippen LogP contribution >= 0.6 is 0 Å². The lowest BCUT2D eigenvalue weighted by atomic mass is 10.1. The molecule has 0 aliphatic rings. The molecule has 1 aromatic carbocycles. The Morgan fingerprint density at radius 3 is 1.13 bits per heavy atom. The van der Waals surface area contributed by atoms with Crippen LogP contribution in [0.15, 0.2) is 12.1 Å². The van der Waals surface area contributed by atoms with Crippen molar-refractivity contribution >= 4 is 5.78 Å². The molecule has 4 nitrogen and oxygen atoms in total. The Morgan fingerprint density at radius 1 is 0.487 bits per heavy atom. The summed E-state index contributed by atoms with van der Waals surface area (Å²) in [6.07, 6.45) is 26.1. The highest BCUT2D eigenvalue weighted by Gasteiger charge is 2.17. The summed E-state index contributed by atoms with van der Waals surface area (Å²) in [7, 11) is 0. The number of ketones is 1. The van der Waals surface area contributed by atoms with Gasteiger partial charge < -0.3 is 14.2 Å². The second-order valence-electron chi connectivity index (χ2n) is 11.3. The van der Waals surface area contributed by atoms with Crippen LogP contribution in [0.5, 0.6) is 17.2 Å². The van der Waals surface area contributed by atoms with E-state index in [1.54, 1.807) is 6.92 Å². The molecule has 0 saturated heterocycles. The Labute approximate surface area is 242 Å². The first-order valence-electron chi connectivity index (χ1n) is 16.7. The first-order chi connectivity index (χ1) is 19.1. The predicted octanol–water partition coefficient (Wildman–Crippen LogP) is 11.3. The molecule has 0 aliphatic carbocycles. The average molecular weight is 547 g/mol. The standard InChI is InChI=1S/C35H62O4/c1-5-8-11-14-17-20-23-26-37-33-29-32(31(4)36)30-34(38-27-24-21-18-15-12-9-6-2)35(33)39-28-25-22-19-16-13-10-7-3/h29-30H,5-28H2,1-4H3. The summed E-state index contributed by atoms with van der Waals surface area (Å²) < 4.78 is 18.8. The van der Waals surface area contributed by atoms with Crippen LogP contribution in [0, 0.1) is 0 Å². The van der Waals surface area contributed by atoms with Crippen LogP contribution in [0.2, 0.25) is 0 Å². The molecule has 4 heteroatoms. The van der Waals surface area contributed by atoms with Gasteiger partial charge in [-0.1, -0.05) is 136 Å².